The van der Waals surface area contributed by atoms with Gasteiger partial charge in [0.15, 0.2) is 16.8 Å². The summed E-state index contributed by atoms with van der Waals surface area (Å²) in [6.07, 6.45) is 2.02. The van der Waals surface area contributed by atoms with Gasteiger partial charge in [0, 0.05) is 28.2 Å². The number of nitrogens with zero attached hydrogens (tertiary/aromatic N) is 3. The lowest BCUT2D eigenvalue weighted by Gasteiger charge is -2.13. The van der Waals surface area contributed by atoms with Crippen LogP contribution in [0, 0.1) is 12.7 Å². The number of nitrogens with one attached hydrogen (secondary N) is 1. The summed E-state index contributed by atoms with van der Waals surface area (Å²) < 4.78 is 16.4. The van der Waals surface area contributed by atoms with Crippen LogP contribution < -0.4 is 0 Å². The number of thioether (sulfide) groups is 1. The van der Waals surface area contributed by atoms with E-state index in [-0.39, 0.29) is 22.9 Å². The number of benzene rings is 2. The smallest absolute Gasteiger partial charge is 0.192 e. The van der Waals surface area contributed by atoms with E-state index in [1.165, 1.54) is 17.8 Å². The van der Waals surface area contributed by atoms with E-state index in [0.29, 0.717) is 16.5 Å². The van der Waals surface area contributed by atoms with Gasteiger partial charge in [-0.1, -0.05) is 42.1 Å². The molecule has 1 unspecified atom stereocenters. The van der Waals surface area contributed by atoms with Gasteiger partial charge in [-0.2, -0.15) is 0 Å². The van der Waals surface area contributed by atoms with Crippen molar-refractivity contribution in [3.63, 3.8) is 0 Å². The van der Waals surface area contributed by atoms with Crippen LogP contribution in [0.3, 0.4) is 0 Å². The van der Waals surface area contributed by atoms with Gasteiger partial charge in [0.25, 0.3) is 0 Å². The molecule has 30 heavy (non-hydrogen) atoms. The monoisotopic (exact) mass is 420 g/mol. The summed E-state index contributed by atoms with van der Waals surface area (Å²) in [4.78, 5) is 16.6. The molecule has 2 aromatic heterocycles. The highest BCUT2D eigenvalue weighted by atomic mass is 32.2. The molecule has 7 heteroatoms. The fourth-order valence-corrected chi connectivity index (χ4v) is 4.83. The van der Waals surface area contributed by atoms with Crippen LogP contribution in [-0.4, -0.2) is 30.8 Å². The maximum Gasteiger partial charge on any atom is 0.192 e. The largest absolute Gasteiger partial charge is 0.358 e. The SMILES string of the molecule is Cc1[nH]c2ccccc2c1C(=O)C(C)Sc1nnc(-c2ccccc2F)n1C1CC1. The molecule has 1 fully saturated rings. The molecule has 1 aliphatic carbocycles. The predicted molar refractivity (Wildman–Crippen MR) is 116 cm³/mol. The van der Waals surface area contributed by atoms with Crippen LogP contribution >= 0.6 is 11.8 Å². The molecule has 0 amide bonds. The topological polar surface area (TPSA) is 63.6 Å². The van der Waals surface area contributed by atoms with Crippen molar-refractivity contribution in [3.05, 3.63) is 65.6 Å². The zero-order valence-corrected chi connectivity index (χ0v) is 17.5. The number of fused-ring (bicyclic) bond motifs is 1. The van der Waals surface area contributed by atoms with E-state index in [2.05, 4.69) is 15.2 Å². The van der Waals surface area contributed by atoms with Gasteiger partial charge < -0.3 is 4.98 Å². The van der Waals surface area contributed by atoms with E-state index in [1.54, 1.807) is 18.2 Å². The number of Topliss-reactive ketones (excluding diaryl/α,β-unsaturated/α-hetero) is 1. The van der Waals surface area contributed by atoms with E-state index in [0.717, 1.165) is 35.0 Å². The second-order valence-corrected chi connectivity index (χ2v) is 8.99. The summed E-state index contributed by atoms with van der Waals surface area (Å²) >= 11 is 1.39. The Morgan fingerprint density at radius 1 is 1.17 bits per heavy atom. The molecule has 5 rings (SSSR count). The molecule has 1 aliphatic rings. The van der Waals surface area contributed by atoms with E-state index in [1.807, 2.05) is 42.7 Å². The standard InChI is InChI=1S/C23H21FN4OS/c1-13-20(17-8-4-6-10-19(17)25-13)21(29)14(2)30-23-27-26-22(28(23)15-11-12-15)16-7-3-5-9-18(16)24/h3-10,14-15,25H,11-12H2,1-2H3. The summed E-state index contributed by atoms with van der Waals surface area (Å²) in [5.74, 6) is 0.260. The number of hydrogen-bond acceptors (Lipinski definition) is 4. The van der Waals surface area contributed by atoms with Crippen LogP contribution in [0.4, 0.5) is 4.39 Å². The minimum absolute atomic E-state index is 0.0488. The summed E-state index contributed by atoms with van der Waals surface area (Å²) in [6, 6.07) is 14.7. The van der Waals surface area contributed by atoms with Gasteiger partial charge in [0.05, 0.1) is 10.8 Å². The van der Waals surface area contributed by atoms with Gasteiger partial charge in [-0.15, -0.1) is 10.2 Å². The molecule has 0 aliphatic heterocycles. The zero-order chi connectivity index (χ0) is 20.8. The van der Waals surface area contributed by atoms with Crippen LogP contribution in [-0.2, 0) is 0 Å². The van der Waals surface area contributed by atoms with Crippen molar-refractivity contribution in [3.8, 4) is 11.4 Å². The Bertz CT molecular complexity index is 1260. The van der Waals surface area contributed by atoms with Gasteiger partial charge in [-0.05, 0) is 44.9 Å². The van der Waals surface area contributed by atoms with Crippen LogP contribution in [0.2, 0.25) is 0 Å². The molecule has 4 aromatic rings. The normalized spacial score (nSPS) is 14.9. The molecule has 0 saturated heterocycles. The number of carbonyl (C=O) groups excluding carboxylic acids is 1. The average Bonchev–Trinajstić information content (AvgIpc) is 3.41. The van der Waals surface area contributed by atoms with E-state index >= 15 is 0 Å². The first-order valence-corrected chi connectivity index (χ1v) is 10.9. The number of para-hydroxylation sites is 1. The fourth-order valence-electron chi connectivity index (χ4n) is 3.85. The number of halogens is 1. The molecule has 1 atom stereocenters. The number of aryl methyl sites for hydroxylation is 1. The van der Waals surface area contributed by atoms with Gasteiger partial charge in [0.2, 0.25) is 0 Å². The van der Waals surface area contributed by atoms with Crippen LogP contribution in [0.25, 0.3) is 22.3 Å². The number of ketones is 1. The molecule has 0 radical (unpaired) electrons. The minimum Gasteiger partial charge on any atom is -0.358 e. The number of carbonyl (C=O) groups is 1. The lowest BCUT2D eigenvalue weighted by atomic mass is 10.1. The highest BCUT2D eigenvalue weighted by Gasteiger charge is 2.32. The number of H-pyrrole nitrogens is 1. The Labute approximate surface area is 177 Å². The molecular formula is C23H21FN4OS. The molecule has 152 valence electrons. The molecule has 1 N–H and O–H groups in total. The second kappa shape index (κ2) is 7.40. The number of aromatic amines is 1. The molecule has 5 nitrogen and oxygen atoms in total. The fraction of sp³-hybridized carbons (Fsp3) is 0.261. The summed E-state index contributed by atoms with van der Waals surface area (Å²) in [5, 5.41) is 9.86. The molecular weight excluding hydrogens is 399 g/mol. The first-order chi connectivity index (χ1) is 14.5. The van der Waals surface area contributed by atoms with Crippen molar-refractivity contribution in [2.24, 2.45) is 0 Å². The zero-order valence-electron chi connectivity index (χ0n) is 16.7. The van der Waals surface area contributed by atoms with Crippen LogP contribution in [0.5, 0.6) is 0 Å². The highest BCUT2D eigenvalue weighted by molar-refractivity contribution is 8.00. The predicted octanol–water partition coefficient (Wildman–Crippen LogP) is 5.57. The maximum atomic E-state index is 14.4. The molecule has 0 spiro atoms. The van der Waals surface area contributed by atoms with Gasteiger partial charge in [0.1, 0.15) is 5.82 Å². The van der Waals surface area contributed by atoms with Crippen LogP contribution in [0.1, 0.15) is 41.9 Å². The summed E-state index contributed by atoms with van der Waals surface area (Å²) in [6.45, 7) is 3.82. The van der Waals surface area contributed by atoms with Crippen molar-refractivity contribution < 1.29 is 9.18 Å². The van der Waals surface area contributed by atoms with Gasteiger partial charge >= 0.3 is 0 Å². The Morgan fingerprint density at radius 2 is 1.90 bits per heavy atom. The molecule has 2 heterocycles. The lowest BCUT2D eigenvalue weighted by molar-refractivity contribution is 0.0995. The van der Waals surface area contributed by atoms with Crippen molar-refractivity contribution >= 4 is 28.4 Å². The highest BCUT2D eigenvalue weighted by Crippen LogP contribution is 2.42. The quantitative estimate of drug-likeness (QED) is 0.327. The van der Waals surface area contributed by atoms with E-state index in [4.69, 9.17) is 0 Å². The third kappa shape index (κ3) is 3.23. The molecule has 2 aromatic carbocycles. The third-order valence-corrected chi connectivity index (χ3v) is 6.54. The van der Waals surface area contributed by atoms with Crippen molar-refractivity contribution in [1.82, 2.24) is 19.7 Å². The van der Waals surface area contributed by atoms with Gasteiger partial charge in [-0.3, -0.25) is 9.36 Å². The minimum atomic E-state index is -0.349. The van der Waals surface area contributed by atoms with Crippen molar-refractivity contribution in [1.29, 1.82) is 0 Å². The lowest BCUT2D eigenvalue weighted by Crippen LogP contribution is -2.15. The number of hydrogen-bond donors (Lipinski definition) is 1. The Hall–Kier alpha value is -2.93. The van der Waals surface area contributed by atoms with Crippen molar-refractivity contribution in [2.75, 3.05) is 0 Å². The summed E-state index contributed by atoms with van der Waals surface area (Å²) in [5.41, 5.74) is 2.98. The van der Waals surface area contributed by atoms with E-state index in [9.17, 15) is 9.18 Å². The first kappa shape index (κ1) is 19.1. The number of rotatable bonds is 6. The van der Waals surface area contributed by atoms with Crippen LogP contribution in [0.15, 0.2) is 53.7 Å². The van der Waals surface area contributed by atoms with Gasteiger partial charge in [-0.25, -0.2) is 4.39 Å². The summed E-state index contributed by atoms with van der Waals surface area (Å²) in [7, 11) is 0. The average molecular weight is 421 g/mol. The Kier molecular flexibility index (Phi) is 4.70. The maximum absolute atomic E-state index is 14.4. The molecule has 1 saturated carbocycles. The Balaban J connectivity index is 1.48. The second-order valence-electron chi connectivity index (χ2n) is 7.68. The third-order valence-electron chi connectivity index (χ3n) is 5.48. The first-order valence-electron chi connectivity index (χ1n) is 10.0. The Morgan fingerprint density at radius 3 is 2.67 bits per heavy atom. The van der Waals surface area contributed by atoms with E-state index < -0.39 is 0 Å². The van der Waals surface area contributed by atoms with Crippen molar-refractivity contribution in [2.45, 2.75) is 43.1 Å². The number of aromatic nitrogens is 4. The molecule has 0 bridgehead atoms.